The molecule has 170 valence electrons. The maximum absolute atomic E-state index is 13.6. The van der Waals surface area contributed by atoms with E-state index in [1.54, 1.807) is 20.3 Å². The standard InChI is InChI=1S/C29H31NO3/c1-28(2)20-29(3,22-11-7-6-8-12-22)24-13-9-10-14-25(24)30(28)27(31)18-16-21-15-17-23(32-4)19-26(21)33-5/h6-19H,20H2,1-5H3/b18-16+/t29-/m1/s1. The Morgan fingerprint density at radius 1 is 0.909 bits per heavy atom. The van der Waals surface area contributed by atoms with Crippen molar-refractivity contribution < 1.29 is 14.3 Å². The third-order valence-corrected chi connectivity index (χ3v) is 6.61. The molecule has 4 nitrogen and oxygen atoms in total. The summed E-state index contributed by atoms with van der Waals surface area (Å²) < 4.78 is 10.8. The van der Waals surface area contributed by atoms with Gasteiger partial charge in [0.05, 0.1) is 14.2 Å². The van der Waals surface area contributed by atoms with E-state index in [4.69, 9.17) is 9.47 Å². The van der Waals surface area contributed by atoms with Crippen LogP contribution in [0.2, 0.25) is 0 Å². The first-order chi connectivity index (χ1) is 15.8. The number of methoxy groups -OCH3 is 2. The molecule has 1 atom stereocenters. The van der Waals surface area contributed by atoms with Gasteiger partial charge in [0.25, 0.3) is 5.91 Å². The summed E-state index contributed by atoms with van der Waals surface area (Å²) in [5.41, 5.74) is 3.63. The number of benzene rings is 3. The van der Waals surface area contributed by atoms with Gasteiger partial charge in [-0.2, -0.15) is 0 Å². The minimum atomic E-state index is -0.385. The van der Waals surface area contributed by atoms with Crippen LogP contribution in [0.15, 0.2) is 78.9 Å². The van der Waals surface area contributed by atoms with E-state index in [2.05, 4.69) is 63.2 Å². The summed E-state index contributed by atoms with van der Waals surface area (Å²) in [5.74, 6) is 1.32. The highest BCUT2D eigenvalue weighted by Crippen LogP contribution is 2.50. The van der Waals surface area contributed by atoms with Gasteiger partial charge < -0.3 is 14.4 Å². The Balaban J connectivity index is 1.74. The molecule has 0 radical (unpaired) electrons. The van der Waals surface area contributed by atoms with Crippen molar-refractivity contribution in [3.8, 4) is 11.5 Å². The Bertz CT molecular complexity index is 1180. The van der Waals surface area contributed by atoms with Gasteiger partial charge in [-0.1, -0.05) is 55.5 Å². The predicted molar refractivity (Wildman–Crippen MR) is 134 cm³/mol. The fraction of sp³-hybridized carbons (Fsp3) is 0.276. The van der Waals surface area contributed by atoms with Crippen molar-refractivity contribution >= 4 is 17.7 Å². The molecule has 0 fully saturated rings. The number of hydrogen-bond donors (Lipinski definition) is 0. The van der Waals surface area contributed by atoms with Gasteiger partial charge in [0.15, 0.2) is 0 Å². The highest BCUT2D eigenvalue weighted by Gasteiger charge is 2.47. The molecule has 0 bridgehead atoms. The SMILES string of the molecule is COc1ccc(/C=C/C(=O)N2c3ccccc3[C@@](C)(c3ccccc3)CC2(C)C)c(OC)c1. The fourth-order valence-corrected chi connectivity index (χ4v) is 5.17. The van der Waals surface area contributed by atoms with E-state index in [1.165, 1.54) is 11.1 Å². The maximum atomic E-state index is 13.6. The molecular weight excluding hydrogens is 410 g/mol. The zero-order valence-electron chi connectivity index (χ0n) is 20.0. The average Bonchev–Trinajstić information content (AvgIpc) is 2.82. The molecule has 4 rings (SSSR count). The highest BCUT2D eigenvalue weighted by molar-refractivity contribution is 6.06. The molecule has 1 aliphatic rings. The number of amides is 1. The first-order valence-corrected chi connectivity index (χ1v) is 11.2. The first kappa shape index (κ1) is 22.7. The van der Waals surface area contributed by atoms with Crippen LogP contribution in [0, 0.1) is 0 Å². The van der Waals surface area contributed by atoms with Gasteiger partial charge in [0.2, 0.25) is 0 Å². The summed E-state index contributed by atoms with van der Waals surface area (Å²) in [6, 6.07) is 24.4. The van der Waals surface area contributed by atoms with Gasteiger partial charge in [-0.05, 0) is 55.7 Å². The van der Waals surface area contributed by atoms with Crippen LogP contribution in [0.25, 0.3) is 6.08 Å². The third-order valence-electron chi connectivity index (χ3n) is 6.61. The Hall–Kier alpha value is -3.53. The monoisotopic (exact) mass is 441 g/mol. The molecule has 4 heteroatoms. The number of ether oxygens (including phenoxy) is 2. The van der Waals surface area contributed by atoms with Crippen molar-refractivity contribution in [2.45, 2.75) is 38.1 Å². The molecule has 0 N–H and O–H groups in total. The number of fused-ring (bicyclic) bond motifs is 1. The Morgan fingerprint density at radius 3 is 2.30 bits per heavy atom. The topological polar surface area (TPSA) is 38.8 Å². The second-order valence-electron chi connectivity index (χ2n) is 9.32. The Morgan fingerprint density at radius 2 is 1.61 bits per heavy atom. The fourth-order valence-electron chi connectivity index (χ4n) is 5.17. The van der Waals surface area contributed by atoms with Gasteiger partial charge in [-0.3, -0.25) is 4.79 Å². The van der Waals surface area contributed by atoms with Crippen molar-refractivity contribution in [2.75, 3.05) is 19.1 Å². The normalized spacial score (nSPS) is 19.2. The van der Waals surface area contributed by atoms with Crippen molar-refractivity contribution in [1.29, 1.82) is 0 Å². The molecule has 3 aromatic carbocycles. The zero-order chi connectivity index (χ0) is 23.6. The van der Waals surface area contributed by atoms with Gasteiger partial charge in [0.1, 0.15) is 11.5 Å². The van der Waals surface area contributed by atoms with Crippen LogP contribution in [0.1, 0.15) is 43.9 Å². The van der Waals surface area contributed by atoms with Gasteiger partial charge in [-0.15, -0.1) is 0 Å². The van der Waals surface area contributed by atoms with Gasteiger partial charge >= 0.3 is 0 Å². The molecule has 0 saturated carbocycles. The summed E-state index contributed by atoms with van der Waals surface area (Å²) in [6.45, 7) is 6.57. The van der Waals surface area contributed by atoms with E-state index in [0.717, 1.165) is 17.7 Å². The molecule has 1 aliphatic heterocycles. The van der Waals surface area contributed by atoms with Crippen LogP contribution in [-0.2, 0) is 10.2 Å². The molecule has 1 heterocycles. The average molecular weight is 442 g/mol. The van der Waals surface area contributed by atoms with Crippen LogP contribution in [0.5, 0.6) is 11.5 Å². The molecule has 0 spiro atoms. The third kappa shape index (κ3) is 4.13. The summed E-state index contributed by atoms with van der Waals surface area (Å²) in [5, 5.41) is 0. The van der Waals surface area contributed by atoms with E-state index in [9.17, 15) is 4.79 Å². The number of hydrogen-bond acceptors (Lipinski definition) is 3. The lowest BCUT2D eigenvalue weighted by atomic mass is 9.65. The first-order valence-electron chi connectivity index (χ1n) is 11.2. The Kier molecular flexibility index (Phi) is 6.03. The van der Waals surface area contributed by atoms with Crippen molar-refractivity contribution in [3.63, 3.8) is 0 Å². The lowest BCUT2D eigenvalue weighted by Gasteiger charge is -2.51. The number of nitrogens with zero attached hydrogens (tertiary/aromatic N) is 1. The lowest BCUT2D eigenvalue weighted by molar-refractivity contribution is -0.115. The molecule has 0 unspecified atom stereocenters. The summed E-state index contributed by atoms with van der Waals surface area (Å²) in [6.07, 6.45) is 4.25. The second kappa shape index (κ2) is 8.78. The smallest absolute Gasteiger partial charge is 0.251 e. The van der Waals surface area contributed by atoms with Gasteiger partial charge in [-0.25, -0.2) is 0 Å². The predicted octanol–water partition coefficient (Wildman–Crippen LogP) is 6.24. The van der Waals surface area contributed by atoms with Crippen LogP contribution in [-0.4, -0.2) is 25.7 Å². The number of carbonyl (C=O) groups is 1. The molecular formula is C29H31NO3. The van der Waals surface area contributed by atoms with E-state index in [1.807, 2.05) is 41.3 Å². The minimum Gasteiger partial charge on any atom is -0.497 e. The molecule has 33 heavy (non-hydrogen) atoms. The number of anilines is 1. The number of para-hydroxylation sites is 1. The van der Waals surface area contributed by atoms with Crippen molar-refractivity contribution in [2.24, 2.45) is 0 Å². The van der Waals surface area contributed by atoms with Crippen LogP contribution >= 0.6 is 0 Å². The highest BCUT2D eigenvalue weighted by atomic mass is 16.5. The molecule has 0 saturated heterocycles. The number of carbonyl (C=O) groups excluding carboxylic acids is 1. The quantitative estimate of drug-likeness (QED) is 0.440. The zero-order valence-corrected chi connectivity index (χ0v) is 20.0. The minimum absolute atomic E-state index is 0.0552. The van der Waals surface area contributed by atoms with E-state index >= 15 is 0 Å². The van der Waals surface area contributed by atoms with Crippen LogP contribution < -0.4 is 14.4 Å². The summed E-state index contributed by atoms with van der Waals surface area (Å²) in [4.78, 5) is 15.5. The second-order valence-corrected chi connectivity index (χ2v) is 9.32. The summed E-state index contributed by atoms with van der Waals surface area (Å²) >= 11 is 0. The van der Waals surface area contributed by atoms with Gasteiger partial charge in [0, 0.05) is 34.3 Å². The summed E-state index contributed by atoms with van der Waals surface area (Å²) in [7, 11) is 3.23. The van der Waals surface area contributed by atoms with Crippen molar-refractivity contribution in [1.82, 2.24) is 0 Å². The molecule has 3 aromatic rings. The number of rotatable bonds is 5. The largest absolute Gasteiger partial charge is 0.497 e. The lowest BCUT2D eigenvalue weighted by Crippen LogP contribution is -2.55. The van der Waals surface area contributed by atoms with E-state index in [0.29, 0.717) is 11.5 Å². The molecule has 0 aliphatic carbocycles. The molecule has 0 aromatic heterocycles. The van der Waals surface area contributed by atoms with Crippen molar-refractivity contribution in [3.05, 3.63) is 95.6 Å². The van der Waals surface area contributed by atoms with Crippen LogP contribution in [0.4, 0.5) is 5.69 Å². The van der Waals surface area contributed by atoms with Crippen LogP contribution in [0.3, 0.4) is 0 Å². The maximum Gasteiger partial charge on any atom is 0.251 e. The van der Waals surface area contributed by atoms with E-state index in [-0.39, 0.29) is 16.9 Å². The molecule has 1 amide bonds. The van der Waals surface area contributed by atoms with E-state index < -0.39 is 0 Å². The Labute approximate surface area is 196 Å².